The van der Waals surface area contributed by atoms with E-state index in [9.17, 15) is 0 Å². The smallest absolute Gasteiger partial charge is 1.00 e. The van der Waals surface area contributed by atoms with Gasteiger partial charge >= 0.3 is 52.4 Å². The minimum atomic E-state index is 0. The maximum atomic E-state index is 2.23. The van der Waals surface area contributed by atoms with E-state index in [4.69, 9.17) is 0 Å². The average molecular weight is 781 g/mol. The van der Waals surface area contributed by atoms with Crippen molar-refractivity contribution in [2.45, 2.75) is 91.9 Å². The Bertz CT molecular complexity index is 779. The molecule has 0 saturated heterocycles. The molecule has 4 aromatic rings. The monoisotopic (exact) mass is 776 g/mol. The van der Waals surface area contributed by atoms with Crippen LogP contribution in [0.4, 0.5) is 0 Å². The third-order valence-electron chi connectivity index (χ3n) is 5.64. The van der Waals surface area contributed by atoms with Gasteiger partial charge in [0.25, 0.3) is 0 Å². The molecular weight excluding hydrogens is 733 g/mol. The molecule has 0 heterocycles. The Hall–Kier alpha value is 0.326. The molecule has 4 rings (SSSR count). The molecule has 220 valence electrons. The summed E-state index contributed by atoms with van der Waals surface area (Å²) in [6.45, 7) is 8.85. The zero-order chi connectivity index (χ0) is 24.7. The second kappa shape index (κ2) is 39.3. The third-order valence-corrected chi connectivity index (χ3v) is 5.64. The van der Waals surface area contributed by atoms with E-state index in [0.717, 1.165) is 0 Å². The van der Waals surface area contributed by atoms with Crippen molar-refractivity contribution in [1.82, 2.24) is 0 Å². The number of aryl methyl sites for hydroxylation is 4. The first-order chi connectivity index (χ1) is 16.7. The summed E-state index contributed by atoms with van der Waals surface area (Å²) in [6.07, 6.45) is 12.7. The van der Waals surface area contributed by atoms with E-state index in [2.05, 4.69) is 125 Å². The zero-order valence-electron chi connectivity index (χ0n) is 24.8. The van der Waals surface area contributed by atoms with Gasteiger partial charge in [0.05, 0.1) is 0 Å². The van der Waals surface area contributed by atoms with Crippen LogP contribution in [-0.2, 0) is 78.1 Å². The van der Waals surface area contributed by atoms with Gasteiger partial charge in [-0.3, -0.25) is 0 Å². The molecule has 0 unspecified atom stereocenters. The van der Waals surface area contributed by atoms with Crippen molar-refractivity contribution < 1.29 is 102 Å². The Morgan fingerprint density at radius 2 is 0.525 bits per heavy atom. The van der Waals surface area contributed by atoms with E-state index < -0.39 is 0 Å². The fourth-order valence-corrected chi connectivity index (χ4v) is 3.66. The van der Waals surface area contributed by atoms with Gasteiger partial charge in [-0.25, -0.2) is 48.5 Å². The van der Waals surface area contributed by atoms with Crippen molar-refractivity contribution in [2.24, 2.45) is 0 Å². The number of hydrogen-bond donors (Lipinski definition) is 0. The Balaban J connectivity index is -0.0000000919. The van der Waals surface area contributed by atoms with E-state index in [-0.39, 0.29) is 102 Å². The van der Waals surface area contributed by atoms with E-state index in [1.807, 2.05) is 0 Å². The molecule has 0 nitrogen and oxygen atoms in total. The molecule has 0 aliphatic heterocycles. The standard InChI is InChI=1S/2C9H13.2C8H11.4ClH.2Zr/c2*1-2-3-6-9-7-4-5-8-9;2*1-2-5-8-6-3-4-7-8;;;;;;/h2*4-5,7-8H,2-3,6H2,1H3;2*3-4,6-7H,2,5H2,1H3;4*1H;;/q4*-1;;;;;2*+4/p-4. The van der Waals surface area contributed by atoms with E-state index in [1.54, 1.807) is 0 Å². The second-order valence-electron chi connectivity index (χ2n) is 8.88. The van der Waals surface area contributed by atoms with Crippen LogP contribution in [0.5, 0.6) is 0 Å². The molecule has 6 heteroatoms. The van der Waals surface area contributed by atoms with Gasteiger partial charge in [0.15, 0.2) is 0 Å². The van der Waals surface area contributed by atoms with Crippen LogP contribution in [0.2, 0.25) is 0 Å². The van der Waals surface area contributed by atoms with Crippen molar-refractivity contribution in [3.05, 3.63) is 119 Å². The number of rotatable bonds is 10. The van der Waals surface area contributed by atoms with Crippen LogP contribution < -0.4 is 49.6 Å². The Kier molecular flexibility index (Phi) is 52.0. The van der Waals surface area contributed by atoms with Crippen molar-refractivity contribution in [2.75, 3.05) is 0 Å². The molecule has 0 atom stereocenters. The van der Waals surface area contributed by atoms with Gasteiger partial charge in [0.1, 0.15) is 0 Å². The van der Waals surface area contributed by atoms with E-state index in [1.165, 1.54) is 86.5 Å². The Labute approximate surface area is 310 Å². The molecule has 0 saturated carbocycles. The summed E-state index contributed by atoms with van der Waals surface area (Å²) in [5, 5.41) is 0. The number of hydrogen-bond acceptors (Lipinski definition) is 0. The van der Waals surface area contributed by atoms with E-state index in [0.29, 0.717) is 0 Å². The quantitative estimate of drug-likeness (QED) is 0.167. The summed E-state index contributed by atoms with van der Waals surface area (Å²) in [6, 6.07) is 34.2. The number of unbranched alkanes of at least 4 members (excludes halogenated alkanes) is 2. The predicted octanol–water partition coefficient (Wildman–Crippen LogP) is -1.78. The van der Waals surface area contributed by atoms with Crippen LogP contribution in [0.15, 0.2) is 97.1 Å². The molecule has 0 spiro atoms. The molecule has 0 N–H and O–H groups in total. The van der Waals surface area contributed by atoms with Gasteiger partial charge in [0.2, 0.25) is 0 Å². The molecule has 0 aliphatic carbocycles. The zero-order valence-corrected chi connectivity index (χ0v) is 32.8. The molecule has 0 radical (unpaired) electrons. The summed E-state index contributed by atoms with van der Waals surface area (Å²) < 4.78 is 0. The van der Waals surface area contributed by atoms with Gasteiger partial charge in [-0.2, -0.15) is 70.8 Å². The predicted molar refractivity (Wildman–Crippen MR) is 153 cm³/mol. The fraction of sp³-hybridized carbons (Fsp3) is 0.412. The summed E-state index contributed by atoms with van der Waals surface area (Å²) in [5.41, 5.74) is 5.90. The topological polar surface area (TPSA) is 0 Å². The third kappa shape index (κ3) is 29.8. The fourth-order valence-electron chi connectivity index (χ4n) is 3.66. The molecule has 0 bridgehead atoms. The van der Waals surface area contributed by atoms with Crippen LogP contribution in [0.1, 0.15) is 88.5 Å². The van der Waals surface area contributed by atoms with Gasteiger partial charge in [0, 0.05) is 0 Å². The first-order valence-electron chi connectivity index (χ1n) is 13.6. The van der Waals surface area contributed by atoms with Crippen molar-refractivity contribution >= 4 is 0 Å². The molecule has 4 aromatic carbocycles. The molecule has 0 fully saturated rings. The Morgan fingerprint density at radius 1 is 0.325 bits per heavy atom. The first-order valence-corrected chi connectivity index (χ1v) is 13.6. The molecule has 40 heavy (non-hydrogen) atoms. The van der Waals surface area contributed by atoms with Crippen LogP contribution in [0.3, 0.4) is 0 Å². The second-order valence-corrected chi connectivity index (χ2v) is 8.88. The largest absolute Gasteiger partial charge is 4.00 e. The SMILES string of the molecule is CCCC[c-]1cccc1.CCCC[c-]1cccc1.CCC[c-]1cccc1.CCC[c-]1cccc1.[Cl-].[Cl-].[Cl-].[Cl-].[Zr+4].[Zr+4]. The minimum absolute atomic E-state index is 0. The first kappa shape index (κ1) is 52.9. The van der Waals surface area contributed by atoms with Crippen LogP contribution in [0.25, 0.3) is 0 Å². The van der Waals surface area contributed by atoms with Gasteiger partial charge in [-0.15, -0.1) is 0 Å². The summed E-state index contributed by atoms with van der Waals surface area (Å²) in [4.78, 5) is 0. The molecule has 0 amide bonds. The number of halogens is 4. The van der Waals surface area contributed by atoms with Crippen LogP contribution in [-0.4, -0.2) is 0 Å². The van der Waals surface area contributed by atoms with Crippen molar-refractivity contribution in [3.8, 4) is 0 Å². The Morgan fingerprint density at radius 3 is 0.700 bits per heavy atom. The van der Waals surface area contributed by atoms with Gasteiger partial charge < -0.3 is 49.6 Å². The molecule has 0 aliphatic rings. The minimum Gasteiger partial charge on any atom is -1.00 e. The van der Waals surface area contributed by atoms with Gasteiger partial charge in [-0.05, 0) is 0 Å². The van der Waals surface area contributed by atoms with Gasteiger partial charge in [-0.1, -0.05) is 91.9 Å². The average Bonchev–Trinajstić information content (AvgIpc) is 3.66. The molecule has 0 aromatic heterocycles. The maximum Gasteiger partial charge on any atom is 4.00 e. The van der Waals surface area contributed by atoms with Crippen molar-refractivity contribution in [1.29, 1.82) is 0 Å². The van der Waals surface area contributed by atoms with Crippen LogP contribution >= 0.6 is 0 Å². The molecular formula is C34H48Cl4Zr2. The van der Waals surface area contributed by atoms with Crippen molar-refractivity contribution in [3.63, 3.8) is 0 Å². The summed E-state index contributed by atoms with van der Waals surface area (Å²) >= 11 is 0. The normalized spacial score (nSPS) is 8.30. The summed E-state index contributed by atoms with van der Waals surface area (Å²) in [7, 11) is 0. The van der Waals surface area contributed by atoms with E-state index >= 15 is 0 Å². The van der Waals surface area contributed by atoms with Crippen LogP contribution in [0, 0.1) is 0 Å². The summed E-state index contributed by atoms with van der Waals surface area (Å²) in [5.74, 6) is 0. The maximum absolute atomic E-state index is 2.23.